The molecule has 0 radical (unpaired) electrons. The summed E-state index contributed by atoms with van der Waals surface area (Å²) in [7, 11) is 1.67. The molecule has 2 N–H and O–H groups in total. The Morgan fingerprint density at radius 2 is 1.93 bits per heavy atom. The molecule has 0 saturated carbocycles. The van der Waals surface area contributed by atoms with E-state index in [2.05, 4.69) is 22.5 Å². The first-order valence-corrected chi connectivity index (χ1v) is 10.4. The van der Waals surface area contributed by atoms with Crippen molar-refractivity contribution in [2.24, 2.45) is 7.05 Å². The molecule has 2 aliphatic heterocycles. The normalized spacial score (nSPS) is 21.2. The molecule has 2 amide bonds. The summed E-state index contributed by atoms with van der Waals surface area (Å²) in [6.45, 7) is 3.85. The quantitative estimate of drug-likeness (QED) is 0.577. The van der Waals surface area contributed by atoms with E-state index in [1.54, 1.807) is 13.1 Å². The summed E-state index contributed by atoms with van der Waals surface area (Å²) in [5.41, 5.74) is 1.72. The SMILES string of the molecule is C[C@H](C#Cc1cccc2c1n(C)c(=O)n2C1CCC(=O)NC1=O)OC1CCNCC1. The second-order valence-electron chi connectivity index (χ2n) is 7.85. The fraction of sp³-hybridized carbons (Fsp3) is 0.500. The Kier molecular flexibility index (Phi) is 5.75. The molecule has 4 rings (SSSR count). The molecule has 0 spiro atoms. The van der Waals surface area contributed by atoms with Crippen LogP contribution >= 0.6 is 0 Å². The van der Waals surface area contributed by atoms with Crippen molar-refractivity contribution < 1.29 is 14.3 Å². The van der Waals surface area contributed by atoms with Gasteiger partial charge in [0.05, 0.1) is 22.7 Å². The first kappa shape index (κ1) is 20.4. The van der Waals surface area contributed by atoms with Crippen LogP contribution in [0.3, 0.4) is 0 Å². The molecule has 3 heterocycles. The lowest BCUT2D eigenvalue weighted by Crippen LogP contribution is -2.44. The standard InChI is InChI=1S/C22H26N4O4/c1-14(30-16-10-12-23-13-11-16)6-7-15-4-3-5-17-20(15)25(2)22(29)26(17)18-8-9-19(27)24-21(18)28/h3-5,14,16,18,23H,8-13H2,1-2H3,(H,24,27,28)/t14-,18?/m1/s1. The van der Waals surface area contributed by atoms with Crippen LogP contribution < -0.4 is 16.3 Å². The number of aryl methyl sites for hydroxylation is 1. The molecule has 2 fully saturated rings. The number of hydrogen-bond donors (Lipinski definition) is 2. The number of amides is 2. The average Bonchev–Trinajstić information content (AvgIpc) is 2.98. The molecule has 8 heteroatoms. The lowest BCUT2D eigenvalue weighted by Gasteiger charge is -2.24. The molecule has 1 aromatic carbocycles. The number of para-hydroxylation sites is 1. The number of nitrogens with zero attached hydrogens (tertiary/aromatic N) is 2. The number of aromatic nitrogens is 2. The van der Waals surface area contributed by atoms with E-state index in [9.17, 15) is 14.4 Å². The molecule has 2 saturated heterocycles. The fourth-order valence-corrected chi connectivity index (χ4v) is 4.20. The monoisotopic (exact) mass is 410 g/mol. The van der Waals surface area contributed by atoms with Gasteiger partial charge in [-0.15, -0.1) is 0 Å². The number of piperidine rings is 2. The van der Waals surface area contributed by atoms with E-state index in [1.807, 2.05) is 19.1 Å². The van der Waals surface area contributed by atoms with Crippen LogP contribution in [0.5, 0.6) is 0 Å². The largest absolute Gasteiger partial charge is 0.362 e. The van der Waals surface area contributed by atoms with Crippen LogP contribution in [0.15, 0.2) is 23.0 Å². The highest BCUT2D eigenvalue weighted by Gasteiger charge is 2.31. The summed E-state index contributed by atoms with van der Waals surface area (Å²) >= 11 is 0. The summed E-state index contributed by atoms with van der Waals surface area (Å²) in [5, 5.41) is 5.64. The summed E-state index contributed by atoms with van der Waals surface area (Å²) in [5.74, 6) is 5.56. The minimum atomic E-state index is -0.704. The Hall–Kier alpha value is -2.89. The Morgan fingerprint density at radius 3 is 2.67 bits per heavy atom. The third-order valence-electron chi connectivity index (χ3n) is 5.72. The van der Waals surface area contributed by atoms with Crippen molar-refractivity contribution in [2.45, 2.75) is 50.9 Å². The first-order valence-electron chi connectivity index (χ1n) is 10.4. The maximum Gasteiger partial charge on any atom is 0.329 e. The van der Waals surface area contributed by atoms with E-state index < -0.39 is 11.9 Å². The maximum absolute atomic E-state index is 12.9. The molecule has 2 atom stereocenters. The second kappa shape index (κ2) is 8.46. The summed E-state index contributed by atoms with van der Waals surface area (Å²) in [4.78, 5) is 36.8. The second-order valence-corrected chi connectivity index (χ2v) is 7.85. The number of ether oxygens (including phenoxy) is 1. The van der Waals surface area contributed by atoms with Crippen molar-refractivity contribution in [1.82, 2.24) is 19.8 Å². The fourth-order valence-electron chi connectivity index (χ4n) is 4.20. The van der Waals surface area contributed by atoms with Gasteiger partial charge in [0, 0.05) is 13.5 Å². The predicted octanol–water partition coefficient (Wildman–Crippen LogP) is 0.826. The van der Waals surface area contributed by atoms with Crippen LogP contribution in [0.4, 0.5) is 0 Å². The zero-order chi connectivity index (χ0) is 21.3. The third-order valence-corrected chi connectivity index (χ3v) is 5.72. The molecule has 1 aromatic heterocycles. The van der Waals surface area contributed by atoms with Gasteiger partial charge in [-0.25, -0.2) is 4.79 Å². The minimum absolute atomic E-state index is 0.212. The van der Waals surface area contributed by atoms with E-state index >= 15 is 0 Å². The van der Waals surface area contributed by atoms with Gasteiger partial charge >= 0.3 is 5.69 Å². The van der Waals surface area contributed by atoms with Crippen LogP contribution in [0.25, 0.3) is 11.0 Å². The van der Waals surface area contributed by atoms with Crippen LogP contribution in [0.1, 0.15) is 44.2 Å². The number of carbonyl (C=O) groups excluding carboxylic acids is 2. The van der Waals surface area contributed by atoms with Gasteiger partial charge in [0.25, 0.3) is 0 Å². The highest BCUT2D eigenvalue weighted by molar-refractivity contribution is 6.00. The number of carbonyl (C=O) groups is 2. The zero-order valence-electron chi connectivity index (χ0n) is 17.2. The van der Waals surface area contributed by atoms with Crippen molar-refractivity contribution in [3.8, 4) is 11.8 Å². The van der Waals surface area contributed by atoms with Gasteiger partial charge in [-0.2, -0.15) is 0 Å². The van der Waals surface area contributed by atoms with Gasteiger partial charge < -0.3 is 10.1 Å². The number of imide groups is 1. The molecule has 8 nitrogen and oxygen atoms in total. The molecular weight excluding hydrogens is 384 g/mol. The van der Waals surface area contributed by atoms with Gasteiger partial charge in [0.15, 0.2) is 0 Å². The van der Waals surface area contributed by atoms with E-state index in [1.165, 1.54) is 9.13 Å². The lowest BCUT2D eigenvalue weighted by atomic mass is 10.1. The van der Waals surface area contributed by atoms with Crippen LogP contribution in [0.2, 0.25) is 0 Å². The third kappa shape index (κ3) is 3.91. The van der Waals surface area contributed by atoms with E-state index in [0.717, 1.165) is 25.9 Å². The number of hydrogen-bond acceptors (Lipinski definition) is 5. The van der Waals surface area contributed by atoms with Crippen LogP contribution in [-0.2, 0) is 21.4 Å². The number of imidazole rings is 1. The smallest absolute Gasteiger partial charge is 0.329 e. The Morgan fingerprint density at radius 1 is 1.17 bits per heavy atom. The zero-order valence-corrected chi connectivity index (χ0v) is 17.2. The molecule has 1 unspecified atom stereocenters. The van der Waals surface area contributed by atoms with Gasteiger partial charge in [-0.1, -0.05) is 17.9 Å². The summed E-state index contributed by atoms with van der Waals surface area (Å²) in [6, 6.07) is 4.79. The van der Waals surface area contributed by atoms with Crippen molar-refractivity contribution in [1.29, 1.82) is 0 Å². The lowest BCUT2D eigenvalue weighted by molar-refractivity contribution is -0.135. The van der Waals surface area contributed by atoms with E-state index in [0.29, 0.717) is 23.0 Å². The summed E-state index contributed by atoms with van der Waals surface area (Å²) in [6.07, 6.45) is 2.46. The average molecular weight is 410 g/mol. The number of rotatable bonds is 3. The van der Waals surface area contributed by atoms with Gasteiger partial charge in [-0.05, 0) is 51.4 Å². The molecule has 0 aliphatic carbocycles. The first-order chi connectivity index (χ1) is 14.5. The summed E-state index contributed by atoms with van der Waals surface area (Å²) < 4.78 is 9.02. The number of nitrogens with one attached hydrogen (secondary N) is 2. The van der Waals surface area contributed by atoms with E-state index in [4.69, 9.17) is 4.74 Å². The predicted molar refractivity (Wildman–Crippen MR) is 112 cm³/mol. The van der Waals surface area contributed by atoms with Gasteiger partial charge in [-0.3, -0.25) is 24.0 Å². The Bertz CT molecular complexity index is 1100. The molecule has 158 valence electrons. The van der Waals surface area contributed by atoms with Crippen LogP contribution in [0, 0.1) is 11.8 Å². The highest BCUT2D eigenvalue weighted by atomic mass is 16.5. The van der Waals surface area contributed by atoms with Crippen molar-refractivity contribution >= 4 is 22.8 Å². The van der Waals surface area contributed by atoms with E-state index in [-0.39, 0.29) is 30.2 Å². The molecule has 0 bridgehead atoms. The number of benzene rings is 1. The van der Waals surface area contributed by atoms with Gasteiger partial charge in [0.1, 0.15) is 12.1 Å². The number of fused-ring (bicyclic) bond motifs is 1. The highest BCUT2D eigenvalue weighted by Crippen LogP contribution is 2.24. The molecule has 30 heavy (non-hydrogen) atoms. The minimum Gasteiger partial charge on any atom is -0.362 e. The molecular formula is C22H26N4O4. The maximum atomic E-state index is 12.9. The van der Waals surface area contributed by atoms with Crippen molar-refractivity contribution in [3.05, 3.63) is 34.2 Å². The Labute approximate surface area is 174 Å². The van der Waals surface area contributed by atoms with Crippen molar-refractivity contribution in [2.75, 3.05) is 13.1 Å². The van der Waals surface area contributed by atoms with Crippen molar-refractivity contribution in [3.63, 3.8) is 0 Å². The molecule has 2 aromatic rings. The Balaban J connectivity index is 1.66. The molecule has 2 aliphatic rings. The topological polar surface area (TPSA) is 94.4 Å². The van der Waals surface area contributed by atoms with Crippen LogP contribution in [-0.4, -0.2) is 46.2 Å². The van der Waals surface area contributed by atoms with Gasteiger partial charge in [0.2, 0.25) is 11.8 Å².